The van der Waals surface area contributed by atoms with Gasteiger partial charge in [-0.05, 0) is 136 Å². The van der Waals surface area contributed by atoms with E-state index in [1.54, 1.807) is 31.7 Å². The normalized spacial score (nSPS) is 14.3. The van der Waals surface area contributed by atoms with Gasteiger partial charge < -0.3 is 107 Å². The second kappa shape index (κ2) is 39.4. The molecular weight excluding hydrogens is 1340 g/mol. The number of carbonyl (C=O) groups excluding carboxylic acids is 8. The number of para-hydroxylation sites is 4. The number of rotatable bonds is 43. The number of guanidine groups is 2. The van der Waals surface area contributed by atoms with Crippen LogP contribution in [0.4, 0.5) is 0 Å². The minimum absolute atomic E-state index is 0.00828. The van der Waals surface area contributed by atoms with E-state index in [4.69, 9.17) is 39.5 Å². The lowest BCUT2D eigenvalue weighted by atomic mass is 9.96. The molecule has 0 bridgehead atoms. The van der Waals surface area contributed by atoms with E-state index >= 15 is 19.2 Å². The van der Waals surface area contributed by atoms with Crippen LogP contribution in [0.25, 0.3) is 43.6 Å². The number of nitrogens with one attached hydrogen (secondary N) is 16. The van der Waals surface area contributed by atoms with Crippen molar-refractivity contribution in [2.75, 3.05) is 26.2 Å². The van der Waals surface area contributed by atoms with Crippen molar-refractivity contribution >= 4 is 109 Å². The highest BCUT2D eigenvalue weighted by Crippen LogP contribution is 2.25. The summed E-state index contributed by atoms with van der Waals surface area (Å²) >= 11 is 0. The van der Waals surface area contributed by atoms with Crippen LogP contribution in [0.15, 0.2) is 122 Å². The Morgan fingerprint density at radius 1 is 0.400 bits per heavy atom. The summed E-state index contributed by atoms with van der Waals surface area (Å²) in [6.45, 7) is 4.36. The molecule has 0 spiro atoms. The Morgan fingerprint density at radius 2 is 0.695 bits per heavy atom. The van der Waals surface area contributed by atoms with Crippen molar-refractivity contribution in [2.45, 2.75) is 165 Å². The molecule has 562 valence electrons. The lowest BCUT2D eigenvalue weighted by Crippen LogP contribution is -2.61. The fourth-order valence-electron chi connectivity index (χ4n) is 12.8. The van der Waals surface area contributed by atoms with Crippen LogP contribution in [0.2, 0.25) is 0 Å². The average molecular weight is 1440 g/mol. The first-order chi connectivity index (χ1) is 50.5. The van der Waals surface area contributed by atoms with Gasteiger partial charge in [0.25, 0.3) is 0 Å². The Balaban J connectivity index is 1.07. The van der Waals surface area contributed by atoms with Gasteiger partial charge in [-0.2, -0.15) is 0 Å². The fourth-order valence-corrected chi connectivity index (χ4v) is 12.8. The maximum absolute atomic E-state index is 15.5. The predicted molar refractivity (Wildman–Crippen MR) is 403 cm³/mol. The molecule has 0 aliphatic carbocycles. The minimum Gasteiger partial charge on any atom is -0.480 e. The van der Waals surface area contributed by atoms with E-state index < -0.39 is 114 Å². The van der Waals surface area contributed by atoms with Gasteiger partial charge in [0.15, 0.2) is 11.9 Å². The van der Waals surface area contributed by atoms with Crippen molar-refractivity contribution in [1.29, 1.82) is 10.8 Å². The fraction of sp³-hybridized carbons (Fsp3) is 0.419. The van der Waals surface area contributed by atoms with E-state index in [9.17, 15) is 29.1 Å². The second-order valence-electron chi connectivity index (χ2n) is 26.5. The van der Waals surface area contributed by atoms with Gasteiger partial charge in [0, 0.05) is 101 Å². The van der Waals surface area contributed by atoms with Crippen LogP contribution in [-0.4, -0.2) is 171 Å². The number of hydrogen-bond acceptors (Lipinski definition) is 14. The molecule has 31 heteroatoms. The lowest BCUT2D eigenvalue weighted by Gasteiger charge is -2.30. The van der Waals surface area contributed by atoms with E-state index in [1.807, 2.05) is 104 Å². The van der Waals surface area contributed by atoms with Crippen molar-refractivity contribution in [3.8, 4) is 0 Å². The molecule has 105 heavy (non-hydrogen) atoms. The molecule has 27 N–H and O–H groups in total. The Kier molecular flexibility index (Phi) is 29.8. The smallest absolute Gasteiger partial charge is 0.326 e. The van der Waals surface area contributed by atoms with Crippen LogP contribution in [0.5, 0.6) is 0 Å². The number of unbranched alkanes of at least 4 members (excludes halogenated alkanes) is 2. The van der Waals surface area contributed by atoms with E-state index in [0.717, 1.165) is 49.2 Å². The van der Waals surface area contributed by atoms with Crippen molar-refractivity contribution in [2.24, 2.45) is 34.6 Å². The number of aromatic amines is 4. The van der Waals surface area contributed by atoms with Gasteiger partial charge in [0.1, 0.15) is 48.3 Å². The van der Waals surface area contributed by atoms with Crippen molar-refractivity contribution < 1.29 is 48.3 Å². The SMILES string of the molecule is CC[C@H](C)[C@H](NC(=O)[C@H](CCCCN)NC(=O)[C@H](Cc1c[nH]c2ccccc12)NC(=O)[C@H](Cc1c[nH]c2ccccc12)NC(=O)[C@H](CCCNC(=N)N)NC(=O)[C@@H](N)Cc1c[nH]c2ccccc12)C(=O)N[C@@H](Cc1c[nH]c2ccccc12)C(=O)N[C@@H](CCCCN)C(=O)N[C@@H](CCCNC(=N)N)C(=O)O. The van der Waals surface area contributed by atoms with Crippen LogP contribution in [0.1, 0.15) is 107 Å². The number of H-pyrrole nitrogens is 4. The van der Waals surface area contributed by atoms with Crippen LogP contribution in [0, 0.1) is 16.7 Å². The maximum atomic E-state index is 15.5. The second-order valence-corrected chi connectivity index (χ2v) is 26.5. The number of fused-ring (bicyclic) bond motifs is 4. The quantitative estimate of drug-likeness (QED) is 0.0148. The molecule has 4 heterocycles. The Morgan fingerprint density at radius 3 is 1.05 bits per heavy atom. The summed E-state index contributed by atoms with van der Waals surface area (Å²) in [5, 5.41) is 56.4. The number of carbonyl (C=O) groups is 9. The highest BCUT2D eigenvalue weighted by Gasteiger charge is 2.37. The largest absolute Gasteiger partial charge is 0.480 e. The number of aromatic nitrogens is 4. The monoisotopic (exact) mass is 1440 g/mol. The Bertz CT molecular complexity index is 4300. The molecule has 31 nitrogen and oxygen atoms in total. The Labute approximate surface area is 607 Å². The van der Waals surface area contributed by atoms with E-state index in [2.05, 4.69) is 73.1 Å². The minimum atomic E-state index is -1.46. The summed E-state index contributed by atoms with van der Waals surface area (Å²) in [6, 6.07) is 17.5. The molecule has 0 unspecified atom stereocenters. The molecule has 10 atom stereocenters. The summed E-state index contributed by atoms with van der Waals surface area (Å²) in [5.74, 6) is -8.71. The van der Waals surface area contributed by atoms with Gasteiger partial charge >= 0.3 is 5.97 Å². The topological polar surface area (TPSA) is 535 Å². The first kappa shape index (κ1) is 79.4. The van der Waals surface area contributed by atoms with Crippen LogP contribution in [0.3, 0.4) is 0 Å². The number of amides is 8. The first-order valence-electron chi connectivity index (χ1n) is 35.7. The third kappa shape index (κ3) is 22.8. The molecule has 8 rings (SSSR count). The molecule has 0 aliphatic heterocycles. The van der Waals surface area contributed by atoms with Gasteiger partial charge in [-0.15, -0.1) is 0 Å². The number of carboxylic acid groups (broad SMARTS) is 1. The molecule has 0 saturated carbocycles. The van der Waals surface area contributed by atoms with Gasteiger partial charge in [-0.25, -0.2) is 4.79 Å². The summed E-state index contributed by atoms with van der Waals surface area (Å²) in [5.41, 5.74) is 35.1. The average Bonchev–Trinajstić information content (AvgIpc) is 1.71. The van der Waals surface area contributed by atoms with Gasteiger partial charge in [-0.1, -0.05) is 93.1 Å². The highest BCUT2D eigenvalue weighted by molar-refractivity contribution is 6.00. The number of nitrogens with two attached hydrogens (primary N) is 5. The summed E-state index contributed by atoms with van der Waals surface area (Å²) in [4.78, 5) is 145. The highest BCUT2D eigenvalue weighted by atomic mass is 16.4. The first-order valence-corrected chi connectivity index (χ1v) is 35.7. The number of aliphatic carboxylic acids is 1. The molecule has 0 aliphatic rings. The number of carboxylic acids is 1. The number of hydrogen-bond donors (Lipinski definition) is 22. The van der Waals surface area contributed by atoms with E-state index in [1.165, 1.54) is 0 Å². The standard InChI is InChI=1S/C74H101N21O10/c1-3-42(2)63(71(103)94-62(37-46-41-87-55-25-11-7-21-50(46)55)69(101)89-56(26-12-14-30-75)65(97)91-59(72(104)105)29-17-33-83-74(80)81)95-67(99)57(27-13-15-31-76)90-68(100)60(35-44-39-85-53-23-9-5-19-48(44)53)93-70(102)61(36-45-40-86-54-24-10-6-20-49(45)54)92-66(98)58(28-16-32-82-73(78)79)88-64(96)51(77)34-43-38-84-52-22-8-4-18-47(43)52/h4-11,18-25,38-42,51,56-63,84-87H,3,12-17,26-37,75-77H2,1-2H3,(H,88,96)(H,89,101)(H,90,100)(H,91,97)(H,92,98)(H,93,102)(H,94,103)(H,95,99)(H,104,105)(H4,78,79,82)(H4,80,81,83)/t42-,51-,56-,57-,58-,59-,60-,61-,62-,63-/m0/s1. The zero-order chi connectivity index (χ0) is 75.5. The number of benzene rings is 4. The molecule has 0 saturated heterocycles. The zero-order valence-corrected chi connectivity index (χ0v) is 59.3. The van der Waals surface area contributed by atoms with Crippen molar-refractivity contribution in [3.63, 3.8) is 0 Å². The molecule has 0 fully saturated rings. The third-order valence-electron chi connectivity index (χ3n) is 18.8. The maximum Gasteiger partial charge on any atom is 0.326 e. The van der Waals surface area contributed by atoms with Crippen LogP contribution in [-0.2, 0) is 68.8 Å². The lowest BCUT2D eigenvalue weighted by molar-refractivity contribution is -0.142. The summed E-state index contributed by atoms with van der Waals surface area (Å²) < 4.78 is 0. The molecule has 4 aromatic heterocycles. The molecular formula is C74H101N21O10. The van der Waals surface area contributed by atoms with Crippen LogP contribution >= 0.6 is 0 Å². The van der Waals surface area contributed by atoms with Gasteiger partial charge in [0.2, 0.25) is 47.3 Å². The Hall–Kier alpha value is -11.3. The summed E-state index contributed by atoms with van der Waals surface area (Å²) in [7, 11) is 0. The van der Waals surface area contributed by atoms with Crippen molar-refractivity contribution in [3.05, 3.63) is 144 Å². The van der Waals surface area contributed by atoms with E-state index in [-0.39, 0.29) is 102 Å². The summed E-state index contributed by atoms with van der Waals surface area (Å²) in [6.07, 6.45) is 9.01. The van der Waals surface area contributed by atoms with Crippen molar-refractivity contribution in [1.82, 2.24) is 73.1 Å². The molecule has 8 aromatic rings. The van der Waals surface area contributed by atoms with Gasteiger partial charge in [-0.3, -0.25) is 49.2 Å². The zero-order valence-electron chi connectivity index (χ0n) is 59.3. The van der Waals surface area contributed by atoms with E-state index in [0.29, 0.717) is 48.8 Å². The van der Waals surface area contributed by atoms with Crippen LogP contribution < -0.4 is 81.8 Å². The molecule has 0 radical (unpaired) electrons. The molecule has 4 aromatic carbocycles. The molecule has 8 amide bonds. The van der Waals surface area contributed by atoms with Gasteiger partial charge in [0.05, 0.1) is 6.04 Å². The third-order valence-corrected chi connectivity index (χ3v) is 18.8. The predicted octanol–water partition coefficient (Wildman–Crippen LogP) is 2.00.